The quantitative estimate of drug-likeness (QED) is 0.465. The topological polar surface area (TPSA) is 6.48 Å². The van der Waals surface area contributed by atoms with E-state index in [9.17, 15) is 0 Å². The molecule has 0 N–H and O–H groups in total. The van der Waals surface area contributed by atoms with E-state index in [0.29, 0.717) is 6.17 Å². The van der Waals surface area contributed by atoms with Gasteiger partial charge < -0.3 is 0 Å². The molecule has 78 valence electrons. The van der Waals surface area contributed by atoms with Crippen LogP contribution in [-0.4, -0.2) is 53.7 Å². The smallest absolute Gasteiger partial charge is 0.0647 e. The third-order valence-corrected chi connectivity index (χ3v) is 3.41. The second-order valence-corrected chi connectivity index (χ2v) is 5.95. The highest BCUT2D eigenvalue weighted by Gasteiger charge is 2.10. The summed E-state index contributed by atoms with van der Waals surface area (Å²) >= 11 is 0. The highest BCUT2D eigenvalue weighted by Crippen LogP contribution is 2.03. The Kier molecular flexibility index (Phi) is 7.23. The van der Waals surface area contributed by atoms with Gasteiger partial charge in [0.25, 0.3) is 0 Å². The molecular formula is C10H24N2Si. The fourth-order valence-electron chi connectivity index (χ4n) is 1.39. The van der Waals surface area contributed by atoms with Crippen molar-refractivity contribution >= 4 is 9.52 Å². The number of hydrogen-bond donors (Lipinski definition) is 0. The first kappa shape index (κ1) is 12.9. The zero-order chi connectivity index (χ0) is 10.3. The molecular weight excluding hydrogens is 176 g/mol. The first-order chi connectivity index (χ1) is 6.09. The average molecular weight is 200 g/mol. The zero-order valence-electron chi connectivity index (χ0n) is 9.75. The lowest BCUT2D eigenvalue weighted by Gasteiger charge is -2.29. The van der Waals surface area contributed by atoms with E-state index in [-0.39, 0.29) is 9.52 Å². The van der Waals surface area contributed by atoms with Crippen molar-refractivity contribution in [2.24, 2.45) is 0 Å². The molecule has 0 heterocycles. The Hall–Kier alpha value is -0.123. The van der Waals surface area contributed by atoms with Crippen LogP contribution in [0.2, 0.25) is 6.04 Å². The molecule has 13 heavy (non-hydrogen) atoms. The van der Waals surface area contributed by atoms with Crippen molar-refractivity contribution in [3.05, 3.63) is 11.8 Å². The van der Waals surface area contributed by atoms with Gasteiger partial charge in [0.15, 0.2) is 0 Å². The molecule has 2 nitrogen and oxygen atoms in total. The van der Waals surface area contributed by atoms with Crippen LogP contribution in [0.3, 0.4) is 0 Å². The Morgan fingerprint density at radius 1 is 1.15 bits per heavy atom. The van der Waals surface area contributed by atoms with Gasteiger partial charge in [-0.25, -0.2) is 0 Å². The van der Waals surface area contributed by atoms with Crippen molar-refractivity contribution in [3.63, 3.8) is 0 Å². The van der Waals surface area contributed by atoms with Crippen molar-refractivity contribution in [2.45, 2.75) is 25.6 Å². The molecule has 0 aromatic heterocycles. The molecule has 0 aromatic rings. The van der Waals surface area contributed by atoms with E-state index in [4.69, 9.17) is 0 Å². The monoisotopic (exact) mass is 200 g/mol. The lowest BCUT2D eigenvalue weighted by molar-refractivity contribution is 0.132. The zero-order valence-corrected chi connectivity index (χ0v) is 11.2. The summed E-state index contributed by atoms with van der Waals surface area (Å²) in [5, 5.41) is 0. The molecule has 0 saturated carbocycles. The van der Waals surface area contributed by atoms with Gasteiger partial charge in [-0.15, -0.1) is 5.70 Å². The van der Waals surface area contributed by atoms with Crippen LogP contribution in [0, 0.1) is 0 Å². The van der Waals surface area contributed by atoms with Crippen LogP contribution in [0.15, 0.2) is 11.8 Å². The molecule has 0 fully saturated rings. The van der Waals surface area contributed by atoms with E-state index in [0.717, 1.165) is 6.42 Å². The molecule has 3 heteroatoms. The summed E-state index contributed by atoms with van der Waals surface area (Å²) in [6, 6.07) is 1.38. The van der Waals surface area contributed by atoms with Crippen LogP contribution in [0.25, 0.3) is 0 Å². The van der Waals surface area contributed by atoms with Crippen LogP contribution in [0.5, 0.6) is 0 Å². The predicted octanol–water partition coefficient (Wildman–Crippen LogP) is 0.946. The van der Waals surface area contributed by atoms with Crippen LogP contribution in [0.1, 0.15) is 13.3 Å². The first-order valence-electron chi connectivity index (χ1n) is 5.07. The lowest BCUT2D eigenvalue weighted by Crippen LogP contribution is -2.40. The summed E-state index contributed by atoms with van der Waals surface area (Å²) in [6.07, 6.45) is 4.04. The highest BCUT2D eigenvalue weighted by molar-refractivity contribution is 6.41. The molecule has 0 bridgehead atoms. The Balaban J connectivity index is 3.83. The summed E-state index contributed by atoms with van der Waals surface area (Å²) in [6.45, 7) is 2.27. The van der Waals surface area contributed by atoms with E-state index in [2.05, 4.69) is 56.7 Å². The second-order valence-electron chi connectivity index (χ2n) is 3.90. The van der Waals surface area contributed by atoms with Gasteiger partial charge in [0.05, 0.1) is 6.17 Å². The van der Waals surface area contributed by atoms with Crippen LogP contribution in [0.4, 0.5) is 0 Å². The van der Waals surface area contributed by atoms with Crippen molar-refractivity contribution in [1.29, 1.82) is 0 Å². The van der Waals surface area contributed by atoms with Crippen molar-refractivity contribution < 1.29 is 0 Å². The largest absolute Gasteiger partial charge is 0.294 e. The molecule has 0 aromatic carbocycles. The van der Waals surface area contributed by atoms with E-state index in [1.165, 1.54) is 6.04 Å². The minimum Gasteiger partial charge on any atom is -0.294 e. The Bertz CT molecular complexity index is 136. The average Bonchev–Trinajstić information content (AvgIpc) is 2.02. The molecule has 0 spiro atoms. The fraction of sp³-hybridized carbons (Fsp3) is 0.800. The van der Waals surface area contributed by atoms with E-state index in [1.54, 1.807) is 0 Å². The normalized spacial score (nSPS) is 13.5. The van der Waals surface area contributed by atoms with Gasteiger partial charge in [0.1, 0.15) is 0 Å². The minimum atomic E-state index is 0.112. The standard InChI is InChI=1S/C10H24N2Si/c1-6-13-9-7-8-10(11(2)3)12(4)5/h7,9-10H,6,8,13H2,1-5H3. The van der Waals surface area contributed by atoms with E-state index < -0.39 is 0 Å². The SMILES string of the molecule is CC[SiH2]C=CCC(N(C)C)N(C)C. The maximum absolute atomic E-state index is 2.42. The van der Waals surface area contributed by atoms with Crippen molar-refractivity contribution in [2.75, 3.05) is 28.2 Å². The molecule has 0 radical (unpaired) electrons. The number of rotatable bonds is 6. The molecule has 0 aliphatic heterocycles. The lowest BCUT2D eigenvalue weighted by atomic mass is 10.3. The molecule has 0 saturated heterocycles. The molecule has 0 amide bonds. The molecule has 0 aliphatic carbocycles. The maximum atomic E-state index is 2.42. The fourth-order valence-corrected chi connectivity index (χ4v) is 2.15. The van der Waals surface area contributed by atoms with Gasteiger partial charge in [-0.05, 0) is 34.6 Å². The second kappa shape index (κ2) is 7.30. The summed E-state index contributed by atoms with van der Waals surface area (Å²) in [5.41, 5.74) is 2.42. The Morgan fingerprint density at radius 2 is 1.69 bits per heavy atom. The van der Waals surface area contributed by atoms with Gasteiger partial charge in [-0.3, -0.25) is 9.80 Å². The van der Waals surface area contributed by atoms with Gasteiger partial charge in [0, 0.05) is 9.52 Å². The van der Waals surface area contributed by atoms with Gasteiger partial charge in [0.2, 0.25) is 0 Å². The van der Waals surface area contributed by atoms with E-state index in [1.807, 2.05) is 0 Å². The van der Waals surface area contributed by atoms with Gasteiger partial charge in [-0.1, -0.05) is 19.0 Å². The molecule has 0 aliphatic rings. The summed E-state index contributed by atoms with van der Waals surface area (Å²) in [7, 11) is 8.65. The predicted molar refractivity (Wildman–Crippen MR) is 63.9 cm³/mol. The van der Waals surface area contributed by atoms with Crippen LogP contribution >= 0.6 is 0 Å². The summed E-state index contributed by atoms with van der Waals surface area (Å²) in [5.74, 6) is 0. The number of hydrogen-bond acceptors (Lipinski definition) is 2. The Labute approximate surface area is 85.4 Å². The molecule has 0 rings (SSSR count). The Morgan fingerprint density at radius 3 is 2.08 bits per heavy atom. The van der Waals surface area contributed by atoms with Crippen LogP contribution < -0.4 is 0 Å². The van der Waals surface area contributed by atoms with E-state index >= 15 is 0 Å². The third-order valence-electron chi connectivity index (χ3n) is 2.16. The summed E-state index contributed by atoms with van der Waals surface area (Å²) in [4.78, 5) is 4.52. The maximum Gasteiger partial charge on any atom is 0.0647 e. The highest BCUT2D eigenvalue weighted by atomic mass is 28.2. The third kappa shape index (κ3) is 6.02. The molecule has 0 atom stereocenters. The first-order valence-corrected chi connectivity index (χ1v) is 6.89. The number of nitrogens with zero attached hydrogens (tertiary/aromatic N) is 2. The van der Waals surface area contributed by atoms with Crippen molar-refractivity contribution in [3.8, 4) is 0 Å². The van der Waals surface area contributed by atoms with Crippen LogP contribution in [-0.2, 0) is 0 Å². The van der Waals surface area contributed by atoms with Crippen molar-refractivity contribution in [1.82, 2.24) is 9.80 Å². The van der Waals surface area contributed by atoms with Gasteiger partial charge >= 0.3 is 0 Å². The summed E-state index contributed by atoms with van der Waals surface area (Å²) < 4.78 is 0. The minimum absolute atomic E-state index is 0.112. The van der Waals surface area contributed by atoms with Gasteiger partial charge in [-0.2, -0.15) is 0 Å². The molecule has 0 unspecified atom stereocenters.